The minimum absolute atomic E-state index is 0.0329. The van der Waals surface area contributed by atoms with Crippen molar-refractivity contribution < 1.29 is 9.53 Å². The van der Waals surface area contributed by atoms with Gasteiger partial charge in [0.2, 0.25) is 5.91 Å². The van der Waals surface area contributed by atoms with Crippen LogP contribution >= 0.6 is 0 Å². The van der Waals surface area contributed by atoms with E-state index in [1.54, 1.807) is 0 Å². The Hall–Kier alpha value is -2.67. The van der Waals surface area contributed by atoms with Crippen molar-refractivity contribution in [3.05, 3.63) is 58.3 Å². The predicted molar refractivity (Wildman–Crippen MR) is 96.0 cm³/mol. The number of carbonyl (C=O) groups is 1. The van der Waals surface area contributed by atoms with E-state index >= 15 is 0 Å². The fraction of sp³-hybridized carbons (Fsp3) is 0.421. The third-order valence-corrected chi connectivity index (χ3v) is 4.98. The van der Waals surface area contributed by atoms with Crippen molar-refractivity contribution in [2.45, 2.75) is 19.5 Å². The summed E-state index contributed by atoms with van der Waals surface area (Å²) in [6, 6.07) is 7.78. The standard InChI is InChI=1S/C19H22N4O3/c24-18-3-5-20-14-23(18)13-19(25)22-8-6-21(7-9-22)12-15-1-2-17-16(11-15)4-10-26-17/h1-3,5,11,14H,4,6-10,12-13H2. The lowest BCUT2D eigenvalue weighted by Gasteiger charge is -2.34. The lowest BCUT2D eigenvalue weighted by atomic mass is 10.1. The molecule has 0 bridgehead atoms. The van der Waals surface area contributed by atoms with Crippen molar-refractivity contribution in [2.75, 3.05) is 32.8 Å². The Morgan fingerprint density at radius 2 is 2.00 bits per heavy atom. The van der Waals surface area contributed by atoms with Crippen LogP contribution < -0.4 is 10.3 Å². The van der Waals surface area contributed by atoms with Crippen LogP contribution in [0.3, 0.4) is 0 Å². The maximum Gasteiger partial charge on any atom is 0.253 e. The van der Waals surface area contributed by atoms with Crippen LogP contribution in [0.2, 0.25) is 0 Å². The molecule has 4 rings (SSSR count). The SMILES string of the molecule is O=C(Cn1cnccc1=O)N1CCN(Cc2ccc3c(c2)CCO3)CC1. The second-order valence-corrected chi connectivity index (χ2v) is 6.74. The Morgan fingerprint density at radius 1 is 1.15 bits per heavy atom. The van der Waals surface area contributed by atoms with E-state index in [1.165, 1.54) is 34.3 Å². The maximum atomic E-state index is 12.4. The van der Waals surface area contributed by atoms with Crippen molar-refractivity contribution in [1.29, 1.82) is 0 Å². The first-order valence-electron chi connectivity index (χ1n) is 8.94. The molecule has 3 heterocycles. The molecule has 0 spiro atoms. The van der Waals surface area contributed by atoms with Gasteiger partial charge in [-0.2, -0.15) is 0 Å². The molecule has 2 aromatic rings. The van der Waals surface area contributed by atoms with Gasteiger partial charge in [-0.1, -0.05) is 12.1 Å². The number of carbonyl (C=O) groups excluding carboxylic acids is 1. The summed E-state index contributed by atoms with van der Waals surface area (Å²) in [6.07, 6.45) is 3.83. The number of rotatable bonds is 4. The molecule has 7 heteroatoms. The first kappa shape index (κ1) is 16.8. The summed E-state index contributed by atoms with van der Waals surface area (Å²) in [5, 5.41) is 0. The van der Waals surface area contributed by atoms with Crippen LogP contribution in [0.1, 0.15) is 11.1 Å². The number of piperazine rings is 1. The molecule has 0 atom stereocenters. The van der Waals surface area contributed by atoms with Gasteiger partial charge >= 0.3 is 0 Å². The van der Waals surface area contributed by atoms with Gasteiger partial charge in [-0.25, -0.2) is 4.98 Å². The van der Waals surface area contributed by atoms with Gasteiger partial charge in [0.15, 0.2) is 0 Å². The van der Waals surface area contributed by atoms with E-state index in [-0.39, 0.29) is 18.0 Å². The number of benzene rings is 1. The van der Waals surface area contributed by atoms with E-state index in [0.717, 1.165) is 38.4 Å². The number of hydrogen-bond acceptors (Lipinski definition) is 5. The van der Waals surface area contributed by atoms with Gasteiger partial charge in [0.25, 0.3) is 5.56 Å². The number of fused-ring (bicyclic) bond motifs is 1. The molecule has 136 valence electrons. The van der Waals surface area contributed by atoms with Crippen LogP contribution in [0.15, 0.2) is 41.6 Å². The number of aromatic nitrogens is 2. The van der Waals surface area contributed by atoms with Crippen LogP contribution in [-0.2, 0) is 24.3 Å². The summed E-state index contributed by atoms with van der Waals surface area (Å²) in [4.78, 5) is 32.2. The highest BCUT2D eigenvalue weighted by atomic mass is 16.5. The summed E-state index contributed by atoms with van der Waals surface area (Å²) in [5.74, 6) is 0.976. The summed E-state index contributed by atoms with van der Waals surface area (Å²) < 4.78 is 6.90. The summed E-state index contributed by atoms with van der Waals surface area (Å²) in [5.41, 5.74) is 2.38. The molecule has 0 radical (unpaired) electrons. The average molecular weight is 354 g/mol. The van der Waals surface area contributed by atoms with E-state index in [4.69, 9.17) is 4.74 Å². The average Bonchev–Trinajstić information content (AvgIpc) is 3.12. The smallest absolute Gasteiger partial charge is 0.253 e. The van der Waals surface area contributed by atoms with E-state index in [0.29, 0.717) is 13.1 Å². The second-order valence-electron chi connectivity index (χ2n) is 6.74. The summed E-state index contributed by atoms with van der Waals surface area (Å²) in [6.45, 7) is 4.75. The Balaban J connectivity index is 1.30. The number of hydrogen-bond donors (Lipinski definition) is 0. The molecular formula is C19H22N4O3. The second kappa shape index (κ2) is 7.29. The van der Waals surface area contributed by atoms with Gasteiger partial charge in [-0.15, -0.1) is 0 Å². The van der Waals surface area contributed by atoms with Gasteiger partial charge in [-0.3, -0.25) is 19.1 Å². The highest BCUT2D eigenvalue weighted by Gasteiger charge is 2.22. The number of nitrogens with zero attached hydrogens (tertiary/aromatic N) is 4. The first-order chi connectivity index (χ1) is 12.7. The Bertz CT molecular complexity index is 856. The van der Waals surface area contributed by atoms with Crippen LogP contribution in [0, 0.1) is 0 Å². The van der Waals surface area contributed by atoms with Gasteiger partial charge < -0.3 is 9.64 Å². The molecule has 1 amide bonds. The molecule has 2 aliphatic heterocycles. The van der Waals surface area contributed by atoms with Crippen LogP contribution in [0.4, 0.5) is 0 Å². The molecule has 0 N–H and O–H groups in total. The monoisotopic (exact) mass is 354 g/mol. The molecule has 0 aliphatic carbocycles. The van der Waals surface area contributed by atoms with E-state index in [9.17, 15) is 9.59 Å². The topological polar surface area (TPSA) is 67.7 Å². The molecule has 1 saturated heterocycles. The normalized spacial score (nSPS) is 17.0. The fourth-order valence-corrected chi connectivity index (χ4v) is 3.49. The lowest BCUT2D eigenvalue weighted by molar-refractivity contribution is -0.133. The van der Waals surface area contributed by atoms with E-state index in [1.807, 2.05) is 4.90 Å². The third kappa shape index (κ3) is 3.62. The molecule has 1 aromatic heterocycles. The number of amides is 1. The van der Waals surface area contributed by atoms with Crippen molar-refractivity contribution in [1.82, 2.24) is 19.4 Å². The molecule has 1 aromatic carbocycles. The summed E-state index contributed by atoms with van der Waals surface area (Å²) in [7, 11) is 0. The Morgan fingerprint density at radius 3 is 2.81 bits per heavy atom. The zero-order valence-corrected chi connectivity index (χ0v) is 14.6. The summed E-state index contributed by atoms with van der Waals surface area (Å²) >= 11 is 0. The van der Waals surface area contributed by atoms with Gasteiger partial charge in [0.05, 0.1) is 12.9 Å². The lowest BCUT2D eigenvalue weighted by Crippen LogP contribution is -2.49. The molecule has 7 nitrogen and oxygen atoms in total. The molecular weight excluding hydrogens is 332 g/mol. The van der Waals surface area contributed by atoms with Crippen molar-refractivity contribution >= 4 is 5.91 Å². The molecule has 26 heavy (non-hydrogen) atoms. The highest BCUT2D eigenvalue weighted by molar-refractivity contribution is 5.76. The van der Waals surface area contributed by atoms with Gasteiger partial charge in [-0.05, 0) is 17.2 Å². The first-order valence-corrected chi connectivity index (χ1v) is 8.94. The van der Waals surface area contributed by atoms with E-state index in [2.05, 4.69) is 28.1 Å². The van der Waals surface area contributed by atoms with Crippen LogP contribution in [0.25, 0.3) is 0 Å². The number of ether oxygens (including phenoxy) is 1. The zero-order valence-electron chi connectivity index (χ0n) is 14.6. The molecule has 1 fully saturated rings. The van der Waals surface area contributed by atoms with Crippen molar-refractivity contribution in [3.63, 3.8) is 0 Å². The van der Waals surface area contributed by atoms with Crippen molar-refractivity contribution in [2.24, 2.45) is 0 Å². The minimum Gasteiger partial charge on any atom is -0.493 e. The maximum absolute atomic E-state index is 12.4. The quantitative estimate of drug-likeness (QED) is 0.801. The third-order valence-electron chi connectivity index (χ3n) is 4.98. The molecule has 0 saturated carbocycles. The molecule has 0 unspecified atom stereocenters. The largest absolute Gasteiger partial charge is 0.493 e. The predicted octanol–water partition coefficient (Wildman–Crippen LogP) is 0.523. The van der Waals surface area contributed by atoms with E-state index < -0.39 is 0 Å². The fourth-order valence-electron chi connectivity index (χ4n) is 3.49. The molecule has 2 aliphatic rings. The highest BCUT2D eigenvalue weighted by Crippen LogP contribution is 2.26. The van der Waals surface area contributed by atoms with Gasteiger partial charge in [0, 0.05) is 51.4 Å². The van der Waals surface area contributed by atoms with Crippen molar-refractivity contribution in [3.8, 4) is 5.75 Å². The van der Waals surface area contributed by atoms with Crippen LogP contribution in [0.5, 0.6) is 5.75 Å². The minimum atomic E-state index is -0.201. The van der Waals surface area contributed by atoms with Gasteiger partial charge in [0.1, 0.15) is 12.3 Å². The van der Waals surface area contributed by atoms with Crippen LogP contribution in [-0.4, -0.2) is 58.0 Å². The Labute approximate surface area is 151 Å². The zero-order chi connectivity index (χ0) is 17.9. The Kier molecular flexibility index (Phi) is 4.71.